The van der Waals surface area contributed by atoms with Crippen molar-refractivity contribution in [1.29, 1.82) is 5.26 Å². The Labute approximate surface area is 160 Å². The Morgan fingerprint density at radius 3 is 2.48 bits per heavy atom. The monoisotopic (exact) mass is 374 g/mol. The zero-order valence-electron chi connectivity index (χ0n) is 16.4. The molecule has 0 spiro atoms. The fourth-order valence-electron chi connectivity index (χ4n) is 3.79. The lowest BCUT2D eigenvalue weighted by Crippen LogP contribution is -2.54. The first kappa shape index (κ1) is 19.8. The molecule has 1 aliphatic carbocycles. The largest absolute Gasteiger partial charge is 0.338 e. The SMILES string of the molecule is CC(C)c1noc(CN2CCN(CC(=O)NC3(C#N)CCCCC3)CC2)n1. The summed E-state index contributed by atoms with van der Waals surface area (Å²) in [6.07, 6.45) is 4.72. The molecule has 2 aliphatic rings. The highest BCUT2D eigenvalue weighted by Gasteiger charge is 2.34. The quantitative estimate of drug-likeness (QED) is 0.808. The van der Waals surface area contributed by atoms with Crippen LogP contribution >= 0.6 is 0 Å². The number of nitrogens with one attached hydrogen (secondary N) is 1. The lowest BCUT2D eigenvalue weighted by Gasteiger charge is -2.35. The second-order valence-electron chi connectivity index (χ2n) is 8.06. The second kappa shape index (κ2) is 8.81. The van der Waals surface area contributed by atoms with Crippen molar-refractivity contribution in [3.05, 3.63) is 11.7 Å². The van der Waals surface area contributed by atoms with Gasteiger partial charge in [0, 0.05) is 32.1 Å². The highest BCUT2D eigenvalue weighted by atomic mass is 16.5. The fourth-order valence-corrected chi connectivity index (χ4v) is 3.79. The van der Waals surface area contributed by atoms with Gasteiger partial charge in [0.05, 0.1) is 19.2 Å². The van der Waals surface area contributed by atoms with E-state index in [1.807, 2.05) is 13.8 Å². The Kier molecular flexibility index (Phi) is 6.45. The molecule has 1 saturated heterocycles. The van der Waals surface area contributed by atoms with Crippen LogP contribution in [0.2, 0.25) is 0 Å². The molecule has 1 aromatic heterocycles. The summed E-state index contributed by atoms with van der Waals surface area (Å²) in [6.45, 7) is 8.44. The number of hydrogen-bond donors (Lipinski definition) is 1. The minimum atomic E-state index is -0.650. The van der Waals surface area contributed by atoms with E-state index in [0.717, 1.165) is 64.1 Å². The van der Waals surface area contributed by atoms with Gasteiger partial charge in [-0.3, -0.25) is 14.6 Å². The number of nitrogens with zero attached hydrogens (tertiary/aromatic N) is 5. The predicted molar refractivity (Wildman–Crippen MR) is 99.7 cm³/mol. The highest BCUT2D eigenvalue weighted by molar-refractivity contribution is 5.79. The molecule has 1 N–H and O–H groups in total. The minimum absolute atomic E-state index is 0.0367. The van der Waals surface area contributed by atoms with Crippen molar-refractivity contribution < 1.29 is 9.32 Å². The second-order valence-corrected chi connectivity index (χ2v) is 8.06. The standard InChI is InChI=1S/C19H30N6O2/c1-15(2)18-21-17(27-23-18)13-25-10-8-24(9-11-25)12-16(26)22-19(14-20)6-4-3-5-7-19/h15H,3-13H2,1-2H3,(H,22,26). The third-order valence-corrected chi connectivity index (χ3v) is 5.49. The van der Waals surface area contributed by atoms with Crippen molar-refractivity contribution in [2.45, 2.75) is 64.0 Å². The molecule has 148 valence electrons. The molecule has 27 heavy (non-hydrogen) atoms. The number of aromatic nitrogens is 2. The van der Waals surface area contributed by atoms with Gasteiger partial charge in [-0.15, -0.1) is 0 Å². The summed E-state index contributed by atoms with van der Waals surface area (Å²) in [5, 5.41) is 16.5. The summed E-state index contributed by atoms with van der Waals surface area (Å²) in [7, 11) is 0. The van der Waals surface area contributed by atoms with Gasteiger partial charge in [-0.2, -0.15) is 10.2 Å². The van der Waals surface area contributed by atoms with Crippen molar-refractivity contribution in [2.24, 2.45) is 0 Å². The van der Waals surface area contributed by atoms with Crippen molar-refractivity contribution in [1.82, 2.24) is 25.3 Å². The summed E-state index contributed by atoms with van der Waals surface area (Å²) < 4.78 is 5.32. The fraction of sp³-hybridized carbons (Fsp3) is 0.789. The van der Waals surface area contributed by atoms with Gasteiger partial charge in [-0.05, 0) is 12.8 Å². The van der Waals surface area contributed by atoms with Crippen LogP contribution in [0.15, 0.2) is 4.52 Å². The molecule has 0 atom stereocenters. The van der Waals surface area contributed by atoms with Crippen molar-refractivity contribution in [3.8, 4) is 6.07 Å². The number of rotatable bonds is 6. The molecular weight excluding hydrogens is 344 g/mol. The van der Waals surface area contributed by atoms with Gasteiger partial charge < -0.3 is 9.84 Å². The summed E-state index contributed by atoms with van der Waals surface area (Å²) in [5.74, 6) is 1.62. The van der Waals surface area contributed by atoms with Crippen molar-refractivity contribution in [3.63, 3.8) is 0 Å². The van der Waals surface area contributed by atoms with E-state index in [4.69, 9.17) is 4.52 Å². The van der Waals surface area contributed by atoms with E-state index < -0.39 is 5.54 Å². The Bertz CT molecular complexity index is 666. The number of carbonyl (C=O) groups is 1. The van der Waals surface area contributed by atoms with Crippen LogP contribution in [0.5, 0.6) is 0 Å². The first-order chi connectivity index (χ1) is 13.0. The van der Waals surface area contributed by atoms with Crippen LogP contribution in [0.3, 0.4) is 0 Å². The summed E-state index contributed by atoms with van der Waals surface area (Å²) in [6, 6.07) is 2.35. The molecule has 1 aromatic rings. The molecule has 0 unspecified atom stereocenters. The van der Waals surface area contributed by atoms with Gasteiger partial charge in [0.2, 0.25) is 11.8 Å². The molecule has 1 saturated carbocycles. The van der Waals surface area contributed by atoms with Crippen LogP contribution in [0.1, 0.15) is 63.6 Å². The van der Waals surface area contributed by atoms with E-state index in [1.54, 1.807) is 0 Å². The van der Waals surface area contributed by atoms with E-state index in [9.17, 15) is 10.1 Å². The van der Waals surface area contributed by atoms with Crippen LogP contribution in [-0.4, -0.2) is 64.1 Å². The van der Waals surface area contributed by atoms with Crippen LogP contribution in [0, 0.1) is 11.3 Å². The maximum absolute atomic E-state index is 12.4. The third kappa shape index (κ3) is 5.27. The summed E-state index contributed by atoms with van der Waals surface area (Å²) >= 11 is 0. The smallest absolute Gasteiger partial charge is 0.240 e. The number of hydrogen-bond acceptors (Lipinski definition) is 7. The van der Waals surface area contributed by atoms with Gasteiger partial charge >= 0.3 is 0 Å². The van der Waals surface area contributed by atoms with Crippen molar-refractivity contribution >= 4 is 5.91 Å². The predicted octanol–water partition coefficient (Wildman–Crippen LogP) is 1.65. The molecule has 0 aromatic carbocycles. The number of piperazine rings is 1. The lowest BCUT2D eigenvalue weighted by atomic mass is 9.83. The molecule has 8 nitrogen and oxygen atoms in total. The summed E-state index contributed by atoms with van der Waals surface area (Å²) in [5.41, 5.74) is -0.650. The molecule has 3 rings (SSSR count). The zero-order valence-corrected chi connectivity index (χ0v) is 16.4. The Hall–Kier alpha value is -1.98. The average Bonchev–Trinajstić information content (AvgIpc) is 3.13. The Morgan fingerprint density at radius 1 is 1.22 bits per heavy atom. The molecule has 0 radical (unpaired) electrons. The van der Waals surface area contributed by atoms with Crippen LogP contribution in [0.25, 0.3) is 0 Å². The topological polar surface area (TPSA) is 98.3 Å². The van der Waals surface area contributed by atoms with Gasteiger partial charge in [0.1, 0.15) is 5.54 Å². The average molecular weight is 374 g/mol. The van der Waals surface area contributed by atoms with Gasteiger partial charge in [0.15, 0.2) is 5.82 Å². The highest BCUT2D eigenvalue weighted by Crippen LogP contribution is 2.27. The lowest BCUT2D eigenvalue weighted by molar-refractivity contribution is -0.124. The maximum Gasteiger partial charge on any atom is 0.240 e. The van der Waals surface area contributed by atoms with E-state index in [-0.39, 0.29) is 11.8 Å². The maximum atomic E-state index is 12.4. The van der Waals surface area contributed by atoms with Crippen LogP contribution < -0.4 is 5.32 Å². The van der Waals surface area contributed by atoms with E-state index in [1.165, 1.54) is 0 Å². The zero-order chi connectivity index (χ0) is 19.3. The Balaban J connectivity index is 1.42. The third-order valence-electron chi connectivity index (χ3n) is 5.49. The number of amides is 1. The molecule has 1 aliphatic heterocycles. The molecule has 2 heterocycles. The van der Waals surface area contributed by atoms with Gasteiger partial charge in [-0.1, -0.05) is 38.3 Å². The molecule has 0 bridgehead atoms. The summed E-state index contributed by atoms with van der Waals surface area (Å²) in [4.78, 5) is 21.3. The molecule has 2 fully saturated rings. The van der Waals surface area contributed by atoms with Gasteiger partial charge in [0.25, 0.3) is 0 Å². The number of carbonyl (C=O) groups excluding carboxylic acids is 1. The van der Waals surface area contributed by atoms with Crippen LogP contribution in [0.4, 0.5) is 0 Å². The Morgan fingerprint density at radius 2 is 1.89 bits per heavy atom. The molecule has 8 heteroatoms. The van der Waals surface area contributed by atoms with Crippen molar-refractivity contribution in [2.75, 3.05) is 32.7 Å². The van der Waals surface area contributed by atoms with E-state index >= 15 is 0 Å². The molecule has 1 amide bonds. The first-order valence-electron chi connectivity index (χ1n) is 9.99. The molecular formula is C19H30N6O2. The number of nitriles is 1. The van der Waals surface area contributed by atoms with E-state index in [0.29, 0.717) is 19.0 Å². The van der Waals surface area contributed by atoms with Crippen LogP contribution in [-0.2, 0) is 11.3 Å². The normalized spacial score (nSPS) is 21.1. The van der Waals surface area contributed by atoms with E-state index in [2.05, 4.69) is 31.3 Å². The first-order valence-corrected chi connectivity index (χ1v) is 9.99. The minimum Gasteiger partial charge on any atom is -0.338 e. The van der Waals surface area contributed by atoms with Gasteiger partial charge in [-0.25, -0.2) is 0 Å².